The molecule has 1 aromatic carbocycles. The lowest BCUT2D eigenvalue weighted by atomic mass is 10.2. The molecule has 21 heavy (non-hydrogen) atoms. The standard InChI is InChI=1S/C14H19F3N2O.ClH/c1-18-5-7-19(8-6-18)9-10-20-13-4-2-3-12(11-13)14(15,16)17;/h2-4,11H,5-10H2,1H3;1H. The molecule has 7 heteroatoms. The van der Waals surface area contributed by atoms with Crippen LogP contribution < -0.4 is 4.74 Å². The maximum absolute atomic E-state index is 12.5. The molecule has 1 aromatic rings. The molecular weight excluding hydrogens is 305 g/mol. The summed E-state index contributed by atoms with van der Waals surface area (Å²) in [5, 5.41) is 0. The third-order valence-electron chi connectivity index (χ3n) is 3.43. The number of likely N-dealkylation sites (N-methyl/N-ethyl adjacent to an activating group) is 1. The first-order valence-electron chi connectivity index (χ1n) is 6.66. The average Bonchev–Trinajstić information content (AvgIpc) is 2.40. The lowest BCUT2D eigenvalue weighted by Gasteiger charge is -2.32. The molecule has 0 N–H and O–H groups in total. The Bertz CT molecular complexity index is 434. The largest absolute Gasteiger partial charge is 0.492 e. The average molecular weight is 325 g/mol. The fraction of sp³-hybridized carbons (Fsp3) is 0.571. The van der Waals surface area contributed by atoms with Gasteiger partial charge in [-0.1, -0.05) is 6.07 Å². The van der Waals surface area contributed by atoms with E-state index < -0.39 is 11.7 Å². The molecule has 1 aliphatic rings. The number of hydrogen-bond donors (Lipinski definition) is 0. The van der Waals surface area contributed by atoms with E-state index in [4.69, 9.17) is 4.74 Å². The fourth-order valence-electron chi connectivity index (χ4n) is 2.13. The van der Waals surface area contributed by atoms with Crippen molar-refractivity contribution in [2.75, 3.05) is 46.4 Å². The smallest absolute Gasteiger partial charge is 0.416 e. The third-order valence-corrected chi connectivity index (χ3v) is 3.43. The summed E-state index contributed by atoms with van der Waals surface area (Å²) < 4.78 is 43.1. The number of halogens is 4. The lowest BCUT2D eigenvalue weighted by Crippen LogP contribution is -2.45. The Morgan fingerprint density at radius 3 is 2.43 bits per heavy atom. The third kappa shape index (κ3) is 5.73. The summed E-state index contributed by atoms with van der Waals surface area (Å²) in [5.74, 6) is 0.272. The van der Waals surface area contributed by atoms with E-state index in [9.17, 15) is 13.2 Å². The molecule has 0 saturated carbocycles. The summed E-state index contributed by atoms with van der Waals surface area (Å²) in [6.07, 6.45) is -4.32. The van der Waals surface area contributed by atoms with Crippen LogP contribution in [-0.4, -0.2) is 56.2 Å². The topological polar surface area (TPSA) is 15.7 Å². The van der Waals surface area contributed by atoms with Crippen molar-refractivity contribution in [2.45, 2.75) is 6.18 Å². The van der Waals surface area contributed by atoms with Gasteiger partial charge in [0.05, 0.1) is 5.56 Å². The Balaban J connectivity index is 0.00000220. The summed E-state index contributed by atoms with van der Waals surface area (Å²) in [5.41, 5.74) is -0.672. The zero-order valence-corrected chi connectivity index (χ0v) is 12.7. The van der Waals surface area contributed by atoms with Crippen molar-refractivity contribution in [3.05, 3.63) is 29.8 Å². The first-order chi connectivity index (χ1) is 9.45. The summed E-state index contributed by atoms with van der Waals surface area (Å²) in [6.45, 7) is 5.13. The molecule has 3 nitrogen and oxygen atoms in total. The van der Waals surface area contributed by atoms with Crippen molar-refractivity contribution in [3.8, 4) is 5.75 Å². The fourth-order valence-corrected chi connectivity index (χ4v) is 2.13. The van der Waals surface area contributed by atoms with Gasteiger partial charge in [-0.25, -0.2) is 0 Å². The van der Waals surface area contributed by atoms with E-state index in [2.05, 4.69) is 16.8 Å². The summed E-state index contributed by atoms with van der Waals surface area (Å²) in [6, 6.07) is 5.02. The molecule has 120 valence electrons. The molecule has 1 fully saturated rings. The van der Waals surface area contributed by atoms with Gasteiger partial charge in [0.1, 0.15) is 12.4 Å². The highest BCUT2D eigenvalue weighted by molar-refractivity contribution is 5.85. The molecule has 0 aliphatic carbocycles. The van der Waals surface area contributed by atoms with Gasteiger partial charge in [-0.2, -0.15) is 13.2 Å². The van der Waals surface area contributed by atoms with E-state index in [-0.39, 0.29) is 18.2 Å². The number of piperazine rings is 1. The van der Waals surface area contributed by atoms with Gasteiger partial charge in [-0.05, 0) is 25.2 Å². The molecule has 0 spiro atoms. The molecule has 0 radical (unpaired) electrons. The zero-order chi connectivity index (χ0) is 14.6. The second-order valence-corrected chi connectivity index (χ2v) is 5.02. The SMILES string of the molecule is CN1CCN(CCOc2cccc(C(F)(F)F)c2)CC1.Cl. The van der Waals surface area contributed by atoms with Crippen LogP contribution in [0.4, 0.5) is 13.2 Å². The zero-order valence-electron chi connectivity index (χ0n) is 11.9. The van der Waals surface area contributed by atoms with E-state index in [0.717, 1.165) is 44.9 Å². The molecular formula is C14H20ClF3N2O. The van der Waals surface area contributed by atoms with Gasteiger partial charge in [-0.3, -0.25) is 4.90 Å². The quantitative estimate of drug-likeness (QED) is 0.847. The molecule has 2 rings (SSSR count). The van der Waals surface area contributed by atoms with Gasteiger partial charge in [0, 0.05) is 32.7 Å². The van der Waals surface area contributed by atoms with Crippen molar-refractivity contribution in [3.63, 3.8) is 0 Å². The predicted molar refractivity (Wildman–Crippen MR) is 78.1 cm³/mol. The van der Waals surface area contributed by atoms with Crippen LogP contribution in [0.3, 0.4) is 0 Å². The number of alkyl halides is 3. The molecule has 1 saturated heterocycles. The summed E-state index contributed by atoms with van der Waals surface area (Å²) >= 11 is 0. The van der Waals surface area contributed by atoms with Gasteiger partial charge < -0.3 is 9.64 Å². The number of rotatable bonds is 4. The summed E-state index contributed by atoms with van der Waals surface area (Å²) in [7, 11) is 2.08. The molecule has 1 heterocycles. The Morgan fingerprint density at radius 2 is 1.81 bits per heavy atom. The van der Waals surface area contributed by atoms with Gasteiger partial charge in [-0.15, -0.1) is 12.4 Å². The number of ether oxygens (including phenoxy) is 1. The Hall–Kier alpha value is -0.980. The van der Waals surface area contributed by atoms with Gasteiger partial charge >= 0.3 is 6.18 Å². The first kappa shape index (κ1) is 18.1. The van der Waals surface area contributed by atoms with E-state index in [0.29, 0.717) is 6.61 Å². The minimum atomic E-state index is -4.32. The van der Waals surface area contributed by atoms with Crippen LogP contribution >= 0.6 is 12.4 Å². The maximum Gasteiger partial charge on any atom is 0.416 e. The van der Waals surface area contributed by atoms with Crippen molar-refractivity contribution in [1.29, 1.82) is 0 Å². The molecule has 0 unspecified atom stereocenters. The second kappa shape index (κ2) is 7.87. The van der Waals surface area contributed by atoms with Gasteiger partial charge in [0.25, 0.3) is 0 Å². The Labute approximate surface area is 129 Å². The number of nitrogens with zero attached hydrogens (tertiary/aromatic N) is 2. The normalized spacial score (nSPS) is 17.3. The van der Waals surface area contributed by atoms with Crippen LogP contribution in [0.25, 0.3) is 0 Å². The van der Waals surface area contributed by atoms with Crippen molar-refractivity contribution >= 4 is 12.4 Å². The van der Waals surface area contributed by atoms with Crippen molar-refractivity contribution in [2.24, 2.45) is 0 Å². The molecule has 0 aromatic heterocycles. The highest BCUT2D eigenvalue weighted by Crippen LogP contribution is 2.31. The minimum Gasteiger partial charge on any atom is -0.492 e. The first-order valence-corrected chi connectivity index (χ1v) is 6.66. The number of hydrogen-bond acceptors (Lipinski definition) is 3. The van der Waals surface area contributed by atoms with Crippen LogP contribution in [0.5, 0.6) is 5.75 Å². The Kier molecular flexibility index (Phi) is 6.77. The maximum atomic E-state index is 12.5. The van der Waals surface area contributed by atoms with Crippen LogP contribution in [0.15, 0.2) is 24.3 Å². The van der Waals surface area contributed by atoms with Crippen molar-refractivity contribution in [1.82, 2.24) is 9.80 Å². The van der Waals surface area contributed by atoms with E-state index >= 15 is 0 Å². The molecule has 0 amide bonds. The highest BCUT2D eigenvalue weighted by Gasteiger charge is 2.30. The van der Waals surface area contributed by atoms with Crippen molar-refractivity contribution < 1.29 is 17.9 Å². The predicted octanol–water partition coefficient (Wildman–Crippen LogP) is 2.75. The lowest BCUT2D eigenvalue weighted by molar-refractivity contribution is -0.137. The van der Waals surface area contributed by atoms with Crippen LogP contribution in [0, 0.1) is 0 Å². The highest BCUT2D eigenvalue weighted by atomic mass is 35.5. The molecule has 0 atom stereocenters. The van der Waals surface area contributed by atoms with Crippen LogP contribution in [0.2, 0.25) is 0 Å². The van der Waals surface area contributed by atoms with E-state index in [1.54, 1.807) is 6.07 Å². The van der Waals surface area contributed by atoms with Crippen LogP contribution in [-0.2, 0) is 6.18 Å². The van der Waals surface area contributed by atoms with E-state index in [1.807, 2.05) is 0 Å². The van der Waals surface area contributed by atoms with Crippen LogP contribution in [0.1, 0.15) is 5.56 Å². The monoisotopic (exact) mass is 324 g/mol. The molecule has 0 bridgehead atoms. The van der Waals surface area contributed by atoms with Gasteiger partial charge in [0.2, 0.25) is 0 Å². The van der Waals surface area contributed by atoms with E-state index in [1.165, 1.54) is 6.07 Å². The minimum absolute atomic E-state index is 0. The van der Waals surface area contributed by atoms with Gasteiger partial charge in [0.15, 0.2) is 0 Å². The second-order valence-electron chi connectivity index (χ2n) is 5.02. The molecule has 1 aliphatic heterocycles. The Morgan fingerprint density at radius 1 is 1.14 bits per heavy atom. The number of benzene rings is 1. The summed E-state index contributed by atoms with van der Waals surface area (Å²) in [4.78, 5) is 4.51.